The second-order valence-corrected chi connectivity index (χ2v) is 2.52. The molecule has 0 aliphatic rings. The van der Waals surface area contributed by atoms with Gasteiger partial charge in [0.05, 0.1) is 7.11 Å². The van der Waals surface area contributed by atoms with Crippen LogP contribution in [0, 0.1) is 5.92 Å². The van der Waals surface area contributed by atoms with E-state index in [4.69, 9.17) is 4.74 Å². The second kappa shape index (κ2) is 4.77. The zero-order valence-corrected chi connectivity index (χ0v) is 7.16. The van der Waals surface area contributed by atoms with Gasteiger partial charge in [0.1, 0.15) is 6.10 Å². The van der Waals surface area contributed by atoms with Gasteiger partial charge in [0.15, 0.2) is 0 Å². The highest BCUT2D eigenvalue weighted by molar-refractivity contribution is 5.60. The van der Waals surface area contributed by atoms with Crippen molar-refractivity contribution in [3.05, 3.63) is 12.7 Å². The molecule has 0 aliphatic heterocycles. The van der Waals surface area contributed by atoms with Crippen molar-refractivity contribution in [2.24, 2.45) is 5.92 Å². The summed E-state index contributed by atoms with van der Waals surface area (Å²) >= 11 is 0. The van der Waals surface area contributed by atoms with Gasteiger partial charge in [-0.1, -0.05) is 26.5 Å². The summed E-state index contributed by atoms with van der Waals surface area (Å²) in [4.78, 5) is 10.6. The SMILES string of the molecule is C=CC(OC(=O)OC)C(C)C. The second-order valence-electron chi connectivity index (χ2n) is 2.52. The average molecular weight is 158 g/mol. The molecule has 0 aromatic carbocycles. The Balaban J connectivity index is 3.87. The third-order valence-electron chi connectivity index (χ3n) is 1.29. The first-order valence-corrected chi connectivity index (χ1v) is 3.49. The van der Waals surface area contributed by atoms with Crippen molar-refractivity contribution >= 4 is 6.16 Å². The normalized spacial score (nSPS) is 12.4. The average Bonchev–Trinajstić information content (AvgIpc) is 1.99. The Morgan fingerprint density at radius 2 is 2.09 bits per heavy atom. The van der Waals surface area contributed by atoms with E-state index in [0.29, 0.717) is 0 Å². The van der Waals surface area contributed by atoms with E-state index in [1.807, 2.05) is 13.8 Å². The van der Waals surface area contributed by atoms with Gasteiger partial charge in [0.25, 0.3) is 0 Å². The third kappa shape index (κ3) is 3.65. The van der Waals surface area contributed by atoms with Gasteiger partial charge in [-0.25, -0.2) is 4.79 Å². The fourth-order valence-corrected chi connectivity index (χ4v) is 0.616. The summed E-state index contributed by atoms with van der Waals surface area (Å²) in [6.45, 7) is 7.42. The molecule has 64 valence electrons. The molecule has 3 nitrogen and oxygen atoms in total. The van der Waals surface area contributed by atoms with Crippen LogP contribution in [-0.4, -0.2) is 19.4 Å². The van der Waals surface area contributed by atoms with E-state index in [1.165, 1.54) is 7.11 Å². The van der Waals surface area contributed by atoms with Crippen LogP contribution in [0.1, 0.15) is 13.8 Å². The van der Waals surface area contributed by atoms with Gasteiger partial charge in [-0.05, 0) is 5.92 Å². The molecule has 1 atom stereocenters. The molecule has 0 saturated heterocycles. The highest BCUT2D eigenvalue weighted by atomic mass is 16.7. The Morgan fingerprint density at radius 3 is 2.36 bits per heavy atom. The summed E-state index contributed by atoms with van der Waals surface area (Å²) in [5.41, 5.74) is 0. The molecule has 0 bridgehead atoms. The molecular formula is C8H14O3. The molecule has 11 heavy (non-hydrogen) atoms. The van der Waals surface area contributed by atoms with E-state index in [-0.39, 0.29) is 12.0 Å². The molecule has 0 aliphatic carbocycles. The number of hydrogen-bond donors (Lipinski definition) is 0. The smallest absolute Gasteiger partial charge is 0.438 e. The first-order chi connectivity index (χ1) is 5.11. The molecule has 0 heterocycles. The maximum absolute atomic E-state index is 10.6. The monoisotopic (exact) mass is 158 g/mol. The van der Waals surface area contributed by atoms with E-state index in [9.17, 15) is 4.79 Å². The molecule has 0 spiro atoms. The zero-order valence-electron chi connectivity index (χ0n) is 7.16. The summed E-state index contributed by atoms with van der Waals surface area (Å²) in [6.07, 6.45) is 0.660. The maximum atomic E-state index is 10.6. The predicted molar refractivity (Wildman–Crippen MR) is 42.3 cm³/mol. The van der Waals surface area contributed by atoms with Crippen LogP contribution < -0.4 is 0 Å². The van der Waals surface area contributed by atoms with Crippen LogP contribution in [0.4, 0.5) is 4.79 Å². The van der Waals surface area contributed by atoms with E-state index < -0.39 is 6.16 Å². The lowest BCUT2D eigenvalue weighted by Crippen LogP contribution is -2.20. The molecule has 0 amide bonds. The Morgan fingerprint density at radius 1 is 1.55 bits per heavy atom. The molecule has 0 saturated carbocycles. The largest absolute Gasteiger partial charge is 0.508 e. The Labute approximate surface area is 67.0 Å². The summed E-state index contributed by atoms with van der Waals surface area (Å²) < 4.78 is 9.15. The molecule has 0 aromatic heterocycles. The van der Waals surface area contributed by atoms with Crippen molar-refractivity contribution in [3.63, 3.8) is 0 Å². The number of ether oxygens (including phenoxy) is 2. The fourth-order valence-electron chi connectivity index (χ4n) is 0.616. The number of methoxy groups -OCH3 is 1. The van der Waals surface area contributed by atoms with Crippen molar-refractivity contribution in [1.29, 1.82) is 0 Å². The lowest BCUT2D eigenvalue weighted by molar-refractivity contribution is 0.0382. The van der Waals surface area contributed by atoms with Gasteiger partial charge >= 0.3 is 6.16 Å². The van der Waals surface area contributed by atoms with E-state index in [1.54, 1.807) is 6.08 Å². The molecule has 0 aromatic rings. The van der Waals surface area contributed by atoms with Crippen molar-refractivity contribution in [2.45, 2.75) is 20.0 Å². The van der Waals surface area contributed by atoms with Crippen LogP contribution in [0.2, 0.25) is 0 Å². The topological polar surface area (TPSA) is 35.5 Å². The van der Waals surface area contributed by atoms with Crippen molar-refractivity contribution in [2.75, 3.05) is 7.11 Å². The van der Waals surface area contributed by atoms with Crippen LogP contribution in [0.15, 0.2) is 12.7 Å². The minimum Gasteiger partial charge on any atom is -0.438 e. The molecular weight excluding hydrogens is 144 g/mol. The molecule has 0 radical (unpaired) electrons. The van der Waals surface area contributed by atoms with Crippen molar-refractivity contribution in [1.82, 2.24) is 0 Å². The van der Waals surface area contributed by atoms with Gasteiger partial charge in [-0.15, -0.1) is 0 Å². The first-order valence-electron chi connectivity index (χ1n) is 3.49. The lowest BCUT2D eigenvalue weighted by atomic mass is 10.1. The van der Waals surface area contributed by atoms with E-state index in [2.05, 4.69) is 11.3 Å². The number of rotatable bonds is 3. The Hall–Kier alpha value is -0.990. The molecule has 0 fully saturated rings. The van der Waals surface area contributed by atoms with E-state index in [0.717, 1.165) is 0 Å². The third-order valence-corrected chi connectivity index (χ3v) is 1.29. The van der Waals surface area contributed by atoms with Crippen LogP contribution in [0.5, 0.6) is 0 Å². The van der Waals surface area contributed by atoms with Gasteiger partial charge in [-0.3, -0.25) is 0 Å². The Bertz CT molecular complexity index is 140. The minimum absolute atomic E-state index is 0.228. The van der Waals surface area contributed by atoms with E-state index >= 15 is 0 Å². The number of carbonyl (C=O) groups excluding carboxylic acids is 1. The number of hydrogen-bond acceptors (Lipinski definition) is 3. The predicted octanol–water partition coefficient (Wildman–Crippen LogP) is 1.98. The van der Waals surface area contributed by atoms with Crippen LogP contribution in [0.25, 0.3) is 0 Å². The zero-order chi connectivity index (χ0) is 8.85. The highest BCUT2D eigenvalue weighted by Gasteiger charge is 2.14. The standard InChI is InChI=1S/C8H14O3/c1-5-7(6(2)3)11-8(9)10-4/h5-7H,1H2,2-4H3. The van der Waals surface area contributed by atoms with Gasteiger partial charge < -0.3 is 9.47 Å². The Kier molecular flexibility index (Phi) is 4.34. The molecule has 1 unspecified atom stereocenters. The van der Waals surface area contributed by atoms with Crippen molar-refractivity contribution < 1.29 is 14.3 Å². The minimum atomic E-state index is -0.663. The first kappa shape index (κ1) is 10.0. The quantitative estimate of drug-likeness (QED) is 0.465. The van der Waals surface area contributed by atoms with Crippen LogP contribution in [0.3, 0.4) is 0 Å². The number of carbonyl (C=O) groups is 1. The summed E-state index contributed by atoms with van der Waals surface area (Å²) in [7, 11) is 1.28. The van der Waals surface area contributed by atoms with Gasteiger partial charge in [0, 0.05) is 0 Å². The molecule has 3 heteroatoms. The molecule has 0 N–H and O–H groups in total. The fraction of sp³-hybridized carbons (Fsp3) is 0.625. The van der Waals surface area contributed by atoms with Gasteiger partial charge in [-0.2, -0.15) is 0 Å². The highest BCUT2D eigenvalue weighted by Crippen LogP contribution is 2.07. The van der Waals surface area contributed by atoms with Crippen molar-refractivity contribution in [3.8, 4) is 0 Å². The van der Waals surface area contributed by atoms with Crippen LogP contribution >= 0.6 is 0 Å². The summed E-state index contributed by atoms with van der Waals surface area (Å²) in [5, 5.41) is 0. The summed E-state index contributed by atoms with van der Waals surface area (Å²) in [6, 6.07) is 0. The molecule has 0 rings (SSSR count). The maximum Gasteiger partial charge on any atom is 0.508 e. The lowest BCUT2D eigenvalue weighted by Gasteiger charge is -2.15. The van der Waals surface area contributed by atoms with Gasteiger partial charge in [0.2, 0.25) is 0 Å². The van der Waals surface area contributed by atoms with Crippen LogP contribution in [-0.2, 0) is 9.47 Å². The summed E-state index contributed by atoms with van der Waals surface area (Å²) in [5.74, 6) is 0.228.